The molecule has 1 N–H and O–H groups in total. The minimum absolute atomic E-state index is 0.0723. The van der Waals surface area contributed by atoms with Crippen molar-refractivity contribution in [1.29, 1.82) is 0 Å². The Kier molecular flexibility index (Phi) is 1.65. The second kappa shape index (κ2) is 2.69. The quantitative estimate of drug-likeness (QED) is 0.703. The Morgan fingerprint density at radius 1 is 1.46 bits per heavy atom. The van der Waals surface area contributed by atoms with Gasteiger partial charge in [0.25, 0.3) is 0 Å². The minimum Gasteiger partial charge on any atom is -0.493 e. The van der Waals surface area contributed by atoms with Gasteiger partial charge < -0.3 is 5.11 Å². The van der Waals surface area contributed by atoms with Gasteiger partial charge in [-0.2, -0.15) is 10.1 Å². The Bertz CT molecular complexity index is 435. The molecular weight excluding hydrogens is 168 g/mol. The van der Waals surface area contributed by atoms with Crippen LogP contribution in [0.1, 0.15) is 19.9 Å². The lowest BCUT2D eigenvalue weighted by atomic mass is 10.4. The number of rotatable bonds is 1. The monoisotopic (exact) mass is 177 g/mol. The van der Waals surface area contributed by atoms with Crippen molar-refractivity contribution < 1.29 is 5.11 Å². The zero-order chi connectivity index (χ0) is 9.42. The van der Waals surface area contributed by atoms with Crippen LogP contribution < -0.4 is 0 Å². The van der Waals surface area contributed by atoms with Crippen molar-refractivity contribution >= 4 is 11.0 Å². The van der Waals surface area contributed by atoms with Gasteiger partial charge in [-0.3, -0.25) is 0 Å². The van der Waals surface area contributed by atoms with E-state index in [-0.39, 0.29) is 11.9 Å². The van der Waals surface area contributed by atoms with Crippen molar-refractivity contribution in [1.82, 2.24) is 19.7 Å². The van der Waals surface area contributed by atoms with Gasteiger partial charge in [0, 0.05) is 6.04 Å². The topological polar surface area (TPSA) is 63.8 Å². The molecule has 67 valence electrons. The van der Waals surface area contributed by atoms with Crippen LogP contribution in [0.15, 0.2) is 6.20 Å². The molecule has 0 aliphatic heterocycles. The highest BCUT2D eigenvalue weighted by Gasteiger charge is 2.10. The van der Waals surface area contributed by atoms with E-state index in [2.05, 4.69) is 21.4 Å². The SMILES string of the molecule is CC(C)n1ncc2c(O)n[c]nc21. The number of fused-ring (bicyclic) bond motifs is 1. The van der Waals surface area contributed by atoms with Gasteiger partial charge in [-0.1, -0.05) is 0 Å². The summed E-state index contributed by atoms with van der Waals surface area (Å²) in [5, 5.41) is 14.0. The smallest absolute Gasteiger partial charge is 0.225 e. The first-order valence-electron chi connectivity index (χ1n) is 4.00. The first-order valence-corrected chi connectivity index (χ1v) is 4.00. The summed E-state index contributed by atoms with van der Waals surface area (Å²) < 4.78 is 1.72. The molecule has 0 amide bonds. The third-order valence-corrected chi connectivity index (χ3v) is 1.81. The largest absolute Gasteiger partial charge is 0.493 e. The maximum absolute atomic E-state index is 9.33. The van der Waals surface area contributed by atoms with Gasteiger partial charge in [-0.25, -0.2) is 9.67 Å². The molecule has 0 fully saturated rings. The van der Waals surface area contributed by atoms with Crippen molar-refractivity contribution in [2.24, 2.45) is 0 Å². The minimum atomic E-state index is -0.0723. The predicted octanol–water partition coefficient (Wildman–Crippen LogP) is 0.913. The summed E-state index contributed by atoms with van der Waals surface area (Å²) in [5.74, 6) is -0.0723. The van der Waals surface area contributed by atoms with E-state index in [4.69, 9.17) is 0 Å². The van der Waals surface area contributed by atoms with Crippen LogP contribution in [0.3, 0.4) is 0 Å². The predicted molar refractivity (Wildman–Crippen MR) is 46.2 cm³/mol. The maximum atomic E-state index is 9.33. The molecule has 5 heteroatoms. The lowest BCUT2D eigenvalue weighted by molar-refractivity contribution is 0.458. The Morgan fingerprint density at radius 2 is 2.23 bits per heavy atom. The summed E-state index contributed by atoms with van der Waals surface area (Å²) in [6, 6.07) is 0.209. The molecule has 0 aliphatic carbocycles. The zero-order valence-corrected chi connectivity index (χ0v) is 7.39. The number of aromatic nitrogens is 4. The van der Waals surface area contributed by atoms with Crippen LogP contribution in [0.25, 0.3) is 11.0 Å². The molecule has 0 saturated heterocycles. The molecule has 0 spiro atoms. The summed E-state index contributed by atoms with van der Waals surface area (Å²) in [6.45, 7) is 3.98. The van der Waals surface area contributed by atoms with E-state index < -0.39 is 0 Å². The molecule has 0 aliphatic rings. The van der Waals surface area contributed by atoms with E-state index in [1.54, 1.807) is 10.9 Å². The van der Waals surface area contributed by atoms with Gasteiger partial charge in [-0.15, -0.1) is 0 Å². The normalized spacial score (nSPS) is 11.3. The van der Waals surface area contributed by atoms with Crippen LogP contribution >= 0.6 is 0 Å². The van der Waals surface area contributed by atoms with Gasteiger partial charge in [0.1, 0.15) is 5.39 Å². The van der Waals surface area contributed by atoms with E-state index in [1.807, 2.05) is 13.8 Å². The third-order valence-electron chi connectivity index (χ3n) is 1.81. The number of hydrogen-bond donors (Lipinski definition) is 1. The second-order valence-electron chi connectivity index (χ2n) is 3.07. The summed E-state index contributed by atoms with van der Waals surface area (Å²) in [6.07, 6.45) is 3.93. The molecule has 0 bridgehead atoms. The highest BCUT2D eigenvalue weighted by molar-refractivity contribution is 5.79. The summed E-state index contributed by atoms with van der Waals surface area (Å²) >= 11 is 0. The van der Waals surface area contributed by atoms with Crippen molar-refractivity contribution in [2.75, 3.05) is 0 Å². The molecule has 0 unspecified atom stereocenters. The Morgan fingerprint density at radius 3 is 2.92 bits per heavy atom. The summed E-state index contributed by atoms with van der Waals surface area (Å²) in [5.41, 5.74) is 0.613. The van der Waals surface area contributed by atoms with Gasteiger partial charge in [-0.05, 0) is 13.8 Å². The van der Waals surface area contributed by atoms with Crippen molar-refractivity contribution in [2.45, 2.75) is 19.9 Å². The van der Waals surface area contributed by atoms with Gasteiger partial charge in [0.15, 0.2) is 5.65 Å². The number of aromatic hydroxyl groups is 1. The molecule has 2 aromatic rings. The van der Waals surface area contributed by atoms with E-state index in [9.17, 15) is 5.11 Å². The first kappa shape index (κ1) is 7.97. The molecular formula is C8H9N4O. The number of hydrogen-bond acceptors (Lipinski definition) is 4. The molecule has 0 aromatic carbocycles. The van der Waals surface area contributed by atoms with Gasteiger partial charge in [0.2, 0.25) is 12.2 Å². The van der Waals surface area contributed by atoms with E-state index >= 15 is 0 Å². The first-order chi connectivity index (χ1) is 6.20. The van der Waals surface area contributed by atoms with E-state index in [1.165, 1.54) is 0 Å². The standard InChI is InChI=1S/C8H9N4O/c1-5(2)12-7-6(3-11-12)8(13)10-4-9-7/h3,5H,1-2H3,(H,9,10,13). The molecule has 2 aromatic heterocycles. The lowest BCUT2D eigenvalue weighted by Crippen LogP contribution is -2.03. The highest BCUT2D eigenvalue weighted by Crippen LogP contribution is 2.20. The highest BCUT2D eigenvalue weighted by atomic mass is 16.3. The molecule has 0 atom stereocenters. The average Bonchev–Trinajstić information content (AvgIpc) is 2.48. The van der Waals surface area contributed by atoms with Crippen LogP contribution in [0.4, 0.5) is 0 Å². The van der Waals surface area contributed by atoms with Crippen molar-refractivity contribution in [3.63, 3.8) is 0 Å². The average molecular weight is 177 g/mol. The fraction of sp³-hybridized carbons (Fsp3) is 0.375. The Hall–Kier alpha value is -1.65. The van der Waals surface area contributed by atoms with E-state index in [0.29, 0.717) is 11.0 Å². The summed E-state index contributed by atoms with van der Waals surface area (Å²) in [4.78, 5) is 7.47. The Labute approximate surface area is 75.0 Å². The van der Waals surface area contributed by atoms with Crippen LogP contribution in [0.5, 0.6) is 5.88 Å². The molecule has 0 saturated carbocycles. The zero-order valence-electron chi connectivity index (χ0n) is 7.39. The second-order valence-corrected chi connectivity index (χ2v) is 3.07. The summed E-state index contributed by atoms with van der Waals surface area (Å²) in [7, 11) is 0. The number of nitrogens with zero attached hydrogens (tertiary/aromatic N) is 4. The third kappa shape index (κ3) is 1.12. The molecule has 5 nitrogen and oxygen atoms in total. The van der Waals surface area contributed by atoms with Crippen LogP contribution in [-0.4, -0.2) is 24.9 Å². The van der Waals surface area contributed by atoms with Crippen LogP contribution in [0, 0.1) is 6.33 Å². The fourth-order valence-corrected chi connectivity index (χ4v) is 1.18. The van der Waals surface area contributed by atoms with Gasteiger partial charge in [0.05, 0.1) is 6.20 Å². The molecule has 1 radical (unpaired) electrons. The van der Waals surface area contributed by atoms with Gasteiger partial charge >= 0.3 is 0 Å². The van der Waals surface area contributed by atoms with Crippen LogP contribution in [-0.2, 0) is 0 Å². The molecule has 2 heterocycles. The van der Waals surface area contributed by atoms with E-state index in [0.717, 1.165) is 0 Å². The lowest BCUT2D eigenvalue weighted by Gasteiger charge is -2.04. The molecule has 13 heavy (non-hydrogen) atoms. The van der Waals surface area contributed by atoms with Crippen LogP contribution in [0.2, 0.25) is 0 Å². The van der Waals surface area contributed by atoms with Crippen molar-refractivity contribution in [3.05, 3.63) is 12.5 Å². The Balaban J connectivity index is 2.75. The fourth-order valence-electron chi connectivity index (χ4n) is 1.18. The maximum Gasteiger partial charge on any atom is 0.225 e. The molecule has 2 rings (SSSR count). The van der Waals surface area contributed by atoms with Crippen molar-refractivity contribution in [3.8, 4) is 5.88 Å².